The van der Waals surface area contributed by atoms with Gasteiger partial charge in [0.25, 0.3) is 0 Å². The smallest absolute Gasteiger partial charge is 0.307 e. The number of alkyl halides is 1. The van der Waals surface area contributed by atoms with Gasteiger partial charge < -0.3 is 10.2 Å². The molecule has 0 aromatic heterocycles. The van der Waals surface area contributed by atoms with Crippen LogP contribution < -0.4 is 0 Å². The van der Waals surface area contributed by atoms with Crippen LogP contribution in [0, 0.1) is 5.92 Å². The molecule has 1 atom stereocenters. The van der Waals surface area contributed by atoms with Crippen LogP contribution in [0.1, 0.15) is 6.42 Å². The summed E-state index contributed by atoms with van der Waals surface area (Å²) in [5.74, 6) is -3.00. The molecule has 0 bridgehead atoms. The van der Waals surface area contributed by atoms with Crippen molar-refractivity contribution < 1.29 is 19.8 Å². The molecule has 0 heterocycles. The van der Waals surface area contributed by atoms with E-state index in [9.17, 15) is 9.59 Å². The van der Waals surface area contributed by atoms with Crippen molar-refractivity contribution in [2.24, 2.45) is 5.92 Å². The minimum atomic E-state index is -1.09. The first-order valence-electron chi connectivity index (χ1n) is 2.58. The number of hydrogen-bond donors (Lipinski definition) is 2. The van der Waals surface area contributed by atoms with Crippen LogP contribution in [-0.2, 0) is 9.59 Å². The lowest BCUT2D eigenvalue weighted by Crippen LogP contribution is -2.18. The third kappa shape index (κ3) is 3.45. The van der Waals surface area contributed by atoms with Crippen LogP contribution in [0.25, 0.3) is 0 Å². The van der Waals surface area contributed by atoms with Gasteiger partial charge in [-0.2, -0.15) is 0 Å². The lowest BCUT2D eigenvalue weighted by atomic mass is 10.1. The third-order valence-corrected chi connectivity index (χ3v) is 1.74. The van der Waals surface area contributed by atoms with Crippen molar-refractivity contribution in [3.63, 3.8) is 0 Å². The molecule has 10 heavy (non-hydrogen) atoms. The summed E-state index contributed by atoms with van der Waals surface area (Å²) in [6, 6.07) is 0. The third-order valence-electron chi connectivity index (χ3n) is 0.957. The van der Waals surface area contributed by atoms with Crippen LogP contribution in [0.15, 0.2) is 0 Å². The van der Waals surface area contributed by atoms with Crippen molar-refractivity contribution in [2.45, 2.75) is 6.42 Å². The summed E-state index contributed by atoms with van der Waals surface area (Å²) in [5.41, 5.74) is 0. The van der Waals surface area contributed by atoms with Crippen molar-refractivity contribution in [1.82, 2.24) is 0 Å². The highest BCUT2D eigenvalue weighted by Gasteiger charge is 2.18. The predicted molar refractivity (Wildman–Crippen MR) is 37.2 cm³/mol. The molecule has 0 aliphatic rings. The zero-order valence-corrected chi connectivity index (χ0v) is 6.67. The number of hydrogen-bond acceptors (Lipinski definition) is 2. The Morgan fingerprint density at radius 3 is 2.00 bits per heavy atom. The first kappa shape index (κ1) is 9.42. The predicted octanol–water partition coefficient (Wildman–Crippen LogP) is 0.557. The molecule has 5 heteroatoms. The summed E-state index contributed by atoms with van der Waals surface area (Å²) in [7, 11) is 0. The lowest BCUT2D eigenvalue weighted by Gasteiger charge is -2.02. The van der Waals surface area contributed by atoms with Crippen molar-refractivity contribution in [3.05, 3.63) is 0 Å². The van der Waals surface area contributed by atoms with Gasteiger partial charge in [0.1, 0.15) is 0 Å². The first-order chi connectivity index (χ1) is 4.57. The summed E-state index contributed by atoms with van der Waals surface area (Å²) >= 11 is 2.90. The molecule has 58 valence electrons. The SMILES string of the molecule is O=C(O)C[C@@H](CBr)C(=O)O. The maximum absolute atomic E-state index is 10.2. The van der Waals surface area contributed by atoms with Gasteiger partial charge in [-0.05, 0) is 0 Å². The lowest BCUT2D eigenvalue weighted by molar-refractivity contribution is -0.147. The van der Waals surface area contributed by atoms with E-state index < -0.39 is 17.9 Å². The van der Waals surface area contributed by atoms with Gasteiger partial charge in [0, 0.05) is 5.33 Å². The molecule has 0 amide bonds. The van der Waals surface area contributed by atoms with Crippen molar-refractivity contribution in [2.75, 3.05) is 5.33 Å². The number of aliphatic carboxylic acids is 2. The van der Waals surface area contributed by atoms with E-state index in [-0.39, 0.29) is 11.8 Å². The fourth-order valence-electron chi connectivity index (χ4n) is 0.419. The van der Waals surface area contributed by atoms with Crippen LogP contribution in [0.4, 0.5) is 0 Å². The Labute approximate surface area is 66.0 Å². The number of carbonyl (C=O) groups is 2. The highest BCUT2D eigenvalue weighted by molar-refractivity contribution is 9.09. The van der Waals surface area contributed by atoms with Crippen LogP contribution in [0.2, 0.25) is 0 Å². The monoisotopic (exact) mass is 210 g/mol. The fraction of sp³-hybridized carbons (Fsp3) is 0.600. The number of carboxylic acids is 2. The van der Waals surface area contributed by atoms with E-state index in [1.54, 1.807) is 0 Å². The highest BCUT2D eigenvalue weighted by atomic mass is 79.9. The zero-order chi connectivity index (χ0) is 8.15. The number of halogens is 1. The summed E-state index contributed by atoms with van der Waals surface area (Å²) in [5, 5.41) is 16.7. The van der Waals surface area contributed by atoms with Crippen LogP contribution >= 0.6 is 15.9 Å². The van der Waals surface area contributed by atoms with E-state index in [1.807, 2.05) is 0 Å². The molecule has 0 unspecified atom stereocenters. The normalized spacial score (nSPS) is 12.5. The molecule has 0 fully saturated rings. The van der Waals surface area contributed by atoms with Gasteiger partial charge in [0.2, 0.25) is 0 Å². The molecule has 4 nitrogen and oxygen atoms in total. The van der Waals surface area contributed by atoms with Gasteiger partial charge in [-0.1, -0.05) is 15.9 Å². The Bertz CT molecular complexity index is 145. The zero-order valence-electron chi connectivity index (χ0n) is 5.08. The standard InChI is InChI=1S/C5H7BrO4/c6-2-3(5(9)10)1-4(7)8/h3H,1-2H2,(H,7,8)(H,9,10)/t3-/m0/s1. The summed E-state index contributed by atoms with van der Waals surface area (Å²) in [4.78, 5) is 20.2. The van der Waals surface area contributed by atoms with Crippen LogP contribution in [0.5, 0.6) is 0 Å². The van der Waals surface area contributed by atoms with Gasteiger partial charge in [-0.25, -0.2) is 0 Å². The summed E-state index contributed by atoms with van der Waals surface area (Å²) < 4.78 is 0. The van der Waals surface area contributed by atoms with E-state index in [0.717, 1.165) is 0 Å². The van der Waals surface area contributed by atoms with Crippen molar-refractivity contribution >= 4 is 27.9 Å². The second-order valence-corrected chi connectivity index (χ2v) is 2.43. The van der Waals surface area contributed by atoms with Crippen molar-refractivity contribution in [1.29, 1.82) is 0 Å². The quantitative estimate of drug-likeness (QED) is 0.666. The average Bonchev–Trinajstić information content (AvgIpc) is 1.81. The molecule has 0 rings (SSSR count). The Balaban J connectivity index is 3.83. The Morgan fingerprint density at radius 2 is 1.90 bits per heavy atom. The summed E-state index contributed by atoms with van der Waals surface area (Å²) in [6.45, 7) is 0. The van der Waals surface area contributed by atoms with Crippen LogP contribution in [-0.4, -0.2) is 27.5 Å². The molecule has 0 radical (unpaired) electrons. The van der Waals surface area contributed by atoms with Gasteiger partial charge in [0.15, 0.2) is 0 Å². The molecule has 0 aliphatic heterocycles. The molecular formula is C5H7BrO4. The second kappa shape index (κ2) is 4.27. The van der Waals surface area contributed by atoms with Crippen molar-refractivity contribution in [3.8, 4) is 0 Å². The minimum Gasteiger partial charge on any atom is -0.481 e. The highest BCUT2D eigenvalue weighted by Crippen LogP contribution is 2.06. The second-order valence-electron chi connectivity index (χ2n) is 1.79. The Morgan fingerprint density at radius 1 is 1.40 bits per heavy atom. The molecule has 2 N–H and O–H groups in total. The topological polar surface area (TPSA) is 74.6 Å². The fourth-order valence-corrected chi connectivity index (χ4v) is 0.925. The maximum Gasteiger partial charge on any atom is 0.307 e. The van der Waals surface area contributed by atoms with E-state index >= 15 is 0 Å². The molecule has 0 aromatic carbocycles. The van der Waals surface area contributed by atoms with E-state index in [4.69, 9.17) is 10.2 Å². The van der Waals surface area contributed by atoms with Crippen LogP contribution in [0.3, 0.4) is 0 Å². The average molecular weight is 211 g/mol. The molecular weight excluding hydrogens is 204 g/mol. The van der Waals surface area contributed by atoms with E-state index in [2.05, 4.69) is 15.9 Å². The Kier molecular flexibility index (Phi) is 4.02. The van der Waals surface area contributed by atoms with Gasteiger partial charge in [-0.3, -0.25) is 9.59 Å². The minimum absolute atomic E-state index is 0.175. The number of rotatable bonds is 4. The summed E-state index contributed by atoms with van der Waals surface area (Å²) in [6.07, 6.45) is -0.333. The molecule has 0 saturated carbocycles. The Hall–Kier alpha value is -0.580. The first-order valence-corrected chi connectivity index (χ1v) is 3.70. The van der Waals surface area contributed by atoms with E-state index in [1.165, 1.54) is 0 Å². The van der Waals surface area contributed by atoms with Gasteiger partial charge in [-0.15, -0.1) is 0 Å². The molecule has 0 spiro atoms. The number of carboxylic acid groups (broad SMARTS) is 2. The maximum atomic E-state index is 10.2. The molecule has 0 aromatic rings. The van der Waals surface area contributed by atoms with E-state index in [0.29, 0.717) is 0 Å². The van der Waals surface area contributed by atoms with Gasteiger partial charge in [0.05, 0.1) is 12.3 Å². The molecule has 0 aliphatic carbocycles. The molecule has 0 saturated heterocycles. The van der Waals surface area contributed by atoms with Gasteiger partial charge >= 0.3 is 11.9 Å². The largest absolute Gasteiger partial charge is 0.481 e.